The molecule has 5 rings (SSSR count). The number of carbonyl (C=O) groups is 4. The van der Waals surface area contributed by atoms with E-state index in [9.17, 15) is 27.6 Å². The standard InChI is InChI=1S/C42H62N6O8S/c1-11-13-17-27(5)34(43-39(52)56-40(7,8)9)37(50)47-25-30(55-36-32-20-16-15-19-31(32)28(6)48(45-36)26(3)4)23-33(47)35(49)44-42(24-29(42)18-14-12-2)38(51)46-57(53,54)41(10)21-22-41/h14-16,18-20,26-27,29-30,33-34H,6,11-13,17,21-25H2,1-5,7-10H3,(H,43,52)(H,44,49)(H,46,51). The Morgan fingerprint density at radius 2 is 1.75 bits per heavy atom. The molecule has 2 aliphatic heterocycles. The smallest absolute Gasteiger partial charge is 0.408 e. The molecule has 1 saturated heterocycles. The van der Waals surface area contributed by atoms with E-state index < -0.39 is 73.8 Å². The molecular formula is C42H62N6O8S. The number of hydrogen-bond donors (Lipinski definition) is 3. The molecule has 0 bridgehead atoms. The van der Waals surface area contributed by atoms with E-state index in [1.807, 2.05) is 71.0 Å². The van der Waals surface area contributed by atoms with Crippen LogP contribution in [-0.4, -0.2) is 94.7 Å². The molecule has 2 heterocycles. The van der Waals surface area contributed by atoms with Gasteiger partial charge in [-0.25, -0.2) is 13.2 Å². The third-order valence-corrected chi connectivity index (χ3v) is 13.4. The zero-order chi connectivity index (χ0) is 42.1. The Morgan fingerprint density at radius 3 is 2.35 bits per heavy atom. The van der Waals surface area contributed by atoms with Crippen molar-refractivity contribution >= 4 is 45.4 Å². The molecule has 0 aromatic heterocycles. The number of nitrogens with one attached hydrogen (secondary N) is 3. The van der Waals surface area contributed by atoms with Crippen molar-refractivity contribution in [3.63, 3.8) is 0 Å². The second-order valence-corrected chi connectivity index (χ2v) is 19.7. The van der Waals surface area contributed by atoms with Crippen molar-refractivity contribution in [1.82, 2.24) is 25.3 Å². The van der Waals surface area contributed by atoms with Crippen LogP contribution < -0.4 is 15.4 Å². The van der Waals surface area contributed by atoms with Crippen LogP contribution in [0.5, 0.6) is 0 Å². The Labute approximate surface area is 338 Å². The van der Waals surface area contributed by atoms with Gasteiger partial charge in [-0.2, -0.15) is 0 Å². The van der Waals surface area contributed by atoms with Crippen molar-refractivity contribution in [3.05, 3.63) is 54.1 Å². The number of carbonyl (C=O) groups excluding carboxylic acids is 4. The molecule has 0 spiro atoms. The average Bonchev–Trinajstić information content (AvgIpc) is 4.02. The number of amides is 4. The Bertz CT molecular complexity index is 1900. The van der Waals surface area contributed by atoms with Gasteiger partial charge in [0.1, 0.15) is 29.3 Å². The summed E-state index contributed by atoms with van der Waals surface area (Å²) in [5.41, 5.74) is -0.0965. The van der Waals surface area contributed by atoms with E-state index >= 15 is 0 Å². The van der Waals surface area contributed by atoms with Crippen LogP contribution in [0.1, 0.15) is 125 Å². The lowest BCUT2D eigenvalue weighted by molar-refractivity contribution is -0.142. The van der Waals surface area contributed by atoms with Gasteiger partial charge in [0.25, 0.3) is 5.91 Å². The maximum atomic E-state index is 14.8. The van der Waals surface area contributed by atoms with Gasteiger partial charge in [0.2, 0.25) is 27.7 Å². The van der Waals surface area contributed by atoms with Crippen molar-refractivity contribution in [2.75, 3.05) is 6.54 Å². The van der Waals surface area contributed by atoms with Crippen LogP contribution in [0.4, 0.5) is 4.79 Å². The Balaban J connectivity index is 1.49. The monoisotopic (exact) mass is 810 g/mol. The van der Waals surface area contributed by atoms with Crippen molar-refractivity contribution in [2.45, 2.75) is 154 Å². The summed E-state index contributed by atoms with van der Waals surface area (Å²) in [6.45, 7) is 20.8. The van der Waals surface area contributed by atoms with Crippen molar-refractivity contribution < 1.29 is 37.1 Å². The zero-order valence-corrected chi connectivity index (χ0v) is 35.8. The molecular weight excluding hydrogens is 749 g/mol. The summed E-state index contributed by atoms with van der Waals surface area (Å²) >= 11 is 0. The minimum atomic E-state index is -4.00. The number of hydrazone groups is 1. The van der Waals surface area contributed by atoms with Crippen LogP contribution in [0.25, 0.3) is 5.70 Å². The van der Waals surface area contributed by atoms with E-state index in [1.165, 1.54) is 4.90 Å². The number of rotatable bonds is 15. The molecule has 1 aromatic rings. The number of allylic oxidation sites excluding steroid dienone is 1. The quantitative estimate of drug-likeness (QED) is 0.191. The molecule has 6 atom stereocenters. The van der Waals surface area contributed by atoms with Crippen molar-refractivity contribution in [1.29, 1.82) is 0 Å². The van der Waals surface area contributed by atoms with Crippen LogP contribution in [-0.2, 0) is 33.9 Å². The van der Waals surface area contributed by atoms with Gasteiger partial charge in [-0.1, -0.05) is 70.5 Å². The molecule has 2 saturated carbocycles. The van der Waals surface area contributed by atoms with Gasteiger partial charge >= 0.3 is 6.09 Å². The van der Waals surface area contributed by atoms with Gasteiger partial charge in [0.15, 0.2) is 0 Å². The van der Waals surface area contributed by atoms with Crippen LogP contribution in [0.2, 0.25) is 0 Å². The SMILES string of the molecule is C=C1c2ccccc2C(OC2CC(C(=O)NC3(C(=O)NS(=O)(=O)C4(C)CC4)CC3C=CCC)N(C(=O)C(NC(=O)OC(C)(C)C)C(C)CCCC)C2)=NN1C(C)C. The van der Waals surface area contributed by atoms with E-state index in [0.29, 0.717) is 42.8 Å². The molecule has 3 fully saturated rings. The lowest BCUT2D eigenvalue weighted by Gasteiger charge is -2.33. The summed E-state index contributed by atoms with van der Waals surface area (Å²) in [5.74, 6) is -2.41. The highest BCUT2D eigenvalue weighted by molar-refractivity contribution is 7.91. The van der Waals surface area contributed by atoms with E-state index in [4.69, 9.17) is 14.6 Å². The highest BCUT2D eigenvalue weighted by Crippen LogP contribution is 2.47. The Kier molecular flexibility index (Phi) is 12.9. The topological polar surface area (TPSA) is 176 Å². The Hall–Kier alpha value is -4.40. The summed E-state index contributed by atoms with van der Waals surface area (Å²) in [7, 11) is -4.00. The molecule has 15 heteroatoms. The number of alkyl carbamates (subject to hydrolysis) is 1. The molecule has 314 valence electrons. The van der Waals surface area contributed by atoms with Gasteiger partial charge in [-0.3, -0.25) is 24.1 Å². The van der Waals surface area contributed by atoms with E-state index in [1.54, 1.807) is 32.7 Å². The van der Waals surface area contributed by atoms with Gasteiger partial charge in [0, 0.05) is 29.5 Å². The summed E-state index contributed by atoms with van der Waals surface area (Å²) in [4.78, 5) is 58.0. The first kappa shape index (κ1) is 43.7. The summed E-state index contributed by atoms with van der Waals surface area (Å²) in [6, 6.07) is 5.36. The van der Waals surface area contributed by atoms with Crippen LogP contribution >= 0.6 is 0 Å². The number of fused-ring (bicyclic) bond motifs is 1. The average molecular weight is 811 g/mol. The van der Waals surface area contributed by atoms with Crippen molar-refractivity contribution in [2.24, 2.45) is 16.9 Å². The van der Waals surface area contributed by atoms with Crippen LogP contribution in [0.3, 0.4) is 0 Å². The molecule has 2 aliphatic carbocycles. The lowest BCUT2D eigenvalue weighted by Crippen LogP contribution is -2.59. The van der Waals surface area contributed by atoms with Gasteiger partial charge in [0.05, 0.1) is 17.0 Å². The number of sulfonamides is 1. The van der Waals surface area contributed by atoms with Gasteiger partial charge in [-0.05, 0) is 85.6 Å². The molecule has 1 aromatic carbocycles. The molecule has 3 N–H and O–H groups in total. The maximum absolute atomic E-state index is 14.8. The highest BCUT2D eigenvalue weighted by Gasteiger charge is 2.63. The van der Waals surface area contributed by atoms with E-state index in [2.05, 4.69) is 21.9 Å². The Morgan fingerprint density at radius 1 is 1.09 bits per heavy atom. The maximum Gasteiger partial charge on any atom is 0.408 e. The number of ether oxygens (including phenoxy) is 2. The molecule has 6 unspecified atom stereocenters. The first-order valence-corrected chi connectivity index (χ1v) is 21.8. The summed E-state index contributed by atoms with van der Waals surface area (Å²) < 4.78 is 39.8. The molecule has 4 aliphatic rings. The number of unbranched alkanes of at least 4 members (excludes halogenated alkanes) is 1. The summed E-state index contributed by atoms with van der Waals surface area (Å²) in [6.07, 6.45) is 6.28. The van der Waals surface area contributed by atoms with Gasteiger partial charge in [-0.15, -0.1) is 5.10 Å². The minimum absolute atomic E-state index is 0.0289. The number of benzene rings is 1. The largest absolute Gasteiger partial charge is 0.471 e. The van der Waals surface area contributed by atoms with Crippen LogP contribution in [0, 0.1) is 11.8 Å². The predicted molar refractivity (Wildman–Crippen MR) is 219 cm³/mol. The molecule has 0 radical (unpaired) electrons. The number of likely N-dealkylation sites (tertiary alicyclic amines) is 1. The third-order valence-electron chi connectivity index (χ3n) is 11.3. The minimum Gasteiger partial charge on any atom is -0.471 e. The fourth-order valence-electron chi connectivity index (χ4n) is 7.42. The van der Waals surface area contributed by atoms with E-state index in [0.717, 1.165) is 18.4 Å². The molecule has 4 amide bonds. The van der Waals surface area contributed by atoms with Crippen molar-refractivity contribution in [3.8, 4) is 0 Å². The van der Waals surface area contributed by atoms with Crippen LogP contribution in [0.15, 0.2) is 48.1 Å². The first-order chi connectivity index (χ1) is 26.7. The van der Waals surface area contributed by atoms with Gasteiger partial charge < -0.3 is 25.0 Å². The predicted octanol–water partition coefficient (Wildman–Crippen LogP) is 5.59. The van der Waals surface area contributed by atoms with E-state index in [-0.39, 0.29) is 31.3 Å². The third kappa shape index (κ3) is 9.67. The lowest BCUT2D eigenvalue weighted by atomic mass is 9.94. The molecule has 14 nitrogen and oxygen atoms in total. The number of nitrogens with zero attached hydrogens (tertiary/aromatic N) is 3. The normalized spacial score (nSPS) is 25.0. The zero-order valence-electron chi connectivity index (χ0n) is 35.0. The molecule has 57 heavy (non-hydrogen) atoms. The second-order valence-electron chi connectivity index (χ2n) is 17.6. The fraction of sp³-hybridized carbons (Fsp3) is 0.643. The second kappa shape index (κ2) is 16.8. The summed E-state index contributed by atoms with van der Waals surface area (Å²) in [5, 5.41) is 12.3. The number of hydrogen-bond acceptors (Lipinski definition) is 10. The fourth-order valence-corrected chi connectivity index (χ4v) is 8.74. The highest BCUT2D eigenvalue weighted by atomic mass is 32.2. The first-order valence-electron chi connectivity index (χ1n) is 20.4.